The Bertz CT molecular complexity index is 852. The molecule has 1 amide bonds. The zero-order chi connectivity index (χ0) is 19.6. The molecule has 0 bridgehead atoms. The molecule has 0 saturated heterocycles. The van der Waals surface area contributed by atoms with Gasteiger partial charge in [0, 0.05) is 18.3 Å². The van der Waals surface area contributed by atoms with E-state index in [2.05, 4.69) is 10.3 Å². The van der Waals surface area contributed by atoms with Crippen LogP contribution in [0.25, 0.3) is 0 Å². The van der Waals surface area contributed by atoms with Gasteiger partial charge in [0.2, 0.25) is 5.91 Å². The minimum Gasteiger partial charge on any atom is -0.497 e. The summed E-state index contributed by atoms with van der Waals surface area (Å²) in [5.41, 5.74) is 1.86. The van der Waals surface area contributed by atoms with Gasteiger partial charge in [-0.2, -0.15) is 0 Å². The van der Waals surface area contributed by atoms with E-state index in [1.807, 2.05) is 72.8 Å². The van der Waals surface area contributed by atoms with Crippen molar-refractivity contribution in [1.82, 2.24) is 10.3 Å². The Morgan fingerprint density at radius 2 is 1.68 bits per heavy atom. The fourth-order valence-electron chi connectivity index (χ4n) is 2.91. The van der Waals surface area contributed by atoms with E-state index in [1.165, 1.54) is 0 Å². The predicted octanol–water partition coefficient (Wildman–Crippen LogP) is 3.61. The van der Waals surface area contributed by atoms with E-state index in [1.54, 1.807) is 13.3 Å². The fourth-order valence-corrected chi connectivity index (χ4v) is 2.91. The number of pyridine rings is 1. The molecule has 0 spiro atoms. The number of amides is 1. The van der Waals surface area contributed by atoms with Gasteiger partial charge < -0.3 is 14.8 Å². The molecule has 5 nitrogen and oxygen atoms in total. The minimum atomic E-state index is -0.294. The van der Waals surface area contributed by atoms with Crippen LogP contribution in [0.2, 0.25) is 0 Å². The van der Waals surface area contributed by atoms with Crippen molar-refractivity contribution in [3.63, 3.8) is 0 Å². The van der Waals surface area contributed by atoms with Crippen LogP contribution in [-0.4, -0.2) is 31.2 Å². The van der Waals surface area contributed by atoms with Crippen molar-refractivity contribution in [3.05, 3.63) is 90.3 Å². The molecule has 1 N–H and O–H groups in total. The molecule has 1 heterocycles. The molecular weight excluding hydrogens is 352 g/mol. The van der Waals surface area contributed by atoms with Gasteiger partial charge in [0.25, 0.3) is 0 Å². The molecule has 28 heavy (non-hydrogen) atoms. The molecule has 0 saturated carbocycles. The number of hydrogen-bond acceptors (Lipinski definition) is 4. The Kier molecular flexibility index (Phi) is 7.01. The zero-order valence-electron chi connectivity index (χ0n) is 15.9. The van der Waals surface area contributed by atoms with Crippen LogP contribution >= 0.6 is 0 Å². The minimum absolute atomic E-state index is 0.0322. The van der Waals surface area contributed by atoms with Crippen LogP contribution in [0.5, 0.6) is 11.5 Å². The van der Waals surface area contributed by atoms with Crippen molar-refractivity contribution in [3.8, 4) is 11.5 Å². The highest BCUT2D eigenvalue weighted by atomic mass is 16.5. The second-order valence-electron chi connectivity index (χ2n) is 6.30. The van der Waals surface area contributed by atoms with Crippen molar-refractivity contribution in [2.24, 2.45) is 0 Å². The van der Waals surface area contributed by atoms with Gasteiger partial charge in [0.15, 0.2) is 0 Å². The number of carbonyl (C=O) groups is 1. The van der Waals surface area contributed by atoms with E-state index < -0.39 is 0 Å². The van der Waals surface area contributed by atoms with Crippen LogP contribution in [0.15, 0.2) is 79.0 Å². The second kappa shape index (κ2) is 10.1. The van der Waals surface area contributed by atoms with Crippen molar-refractivity contribution in [2.45, 2.75) is 12.3 Å². The van der Waals surface area contributed by atoms with Gasteiger partial charge in [-0.15, -0.1) is 0 Å². The number of benzene rings is 2. The molecular formula is C23H24N2O3. The third kappa shape index (κ3) is 5.58. The third-order valence-corrected chi connectivity index (χ3v) is 4.39. The fraction of sp³-hybridized carbons (Fsp3) is 0.217. The van der Waals surface area contributed by atoms with Crippen LogP contribution in [0.1, 0.15) is 17.2 Å². The first-order valence-corrected chi connectivity index (χ1v) is 9.25. The Morgan fingerprint density at radius 3 is 2.36 bits per heavy atom. The average molecular weight is 376 g/mol. The molecule has 5 heteroatoms. The lowest BCUT2D eigenvalue weighted by molar-refractivity contribution is -0.122. The van der Waals surface area contributed by atoms with Crippen molar-refractivity contribution in [2.75, 3.05) is 20.3 Å². The summed E-state index contributed by atoms with van der Waals surface area (Å²) >= 11 is 0. The molecule has 0 fully saturated rings. The molecule has 0 aliphatic heterocycles. The number of hydrogen-bond donors (Lipinski definition) is 1. The first-order chi connectivity index (χ1) is 13.8. The third-order valence-electron chi connectivity index (χ3n) is 4.39. The van der Waals surface area contributed by atoms with Gasteiger partial charge in [-0.3, -0.25) is 9.78 Å². The summed E-state index contributed by atoms with van der Waals surface area (Å²) in [6.45, 7) is 0.819. The highest BCUT2D eigenvalue weighted by Gasteiger charge is 2.21. The summed E-state index contributed by atoms with van der Waals surface area (Å²) in [5, 5.41) is 2.98. The molecule has 144 valence electrons. The highest BCUT2D eigenvalue weighted by molar-refractivity contribution is 5.83. The number of rotatable bonds is 9. The van der Waals surface area contributed by atoms with Crippen molar-refractivity contribution >= 4 is 5.91 Å². The lowest BCUT2D eigenvalue weighted by atomic mass is 9.93. The Morgan fingerprint density at radius 1 is 0.964 bits per heavy atom. The topological polar surface area (TPSA) is 60.5 Å². The average Bonchev–Trinajstić information content (AvgIpc) is 2.76. The Hall–Kier alpha value is -3.34. The molecule has 0 radical (unpaired) electrons. The van der Waals surface area contributed by atoms with E-state index in [-0.39, 0.29) is 11.8 Å². The van der Waals surface area contributed by atoms with E-state index in [0.717, 1.165) is 22.8 Å². The maximum absolute atomic E-state index is 12.8. The number of carbonyl (C=O) groups excluding carboxylic acids is 1. The van der Waals surface area contributed by atoms with Crippen LogP contribution in [0.4, 0.5) is 0 Å². The van der Waals surface area contributed by atoms with Crippen molar-refractivity contribution < 1.29 is 14.3 Å². The van der Waals surface area contributed by atoms with Crippen molar-refractivity contribution in [1.29, 1.82) is 0 Å². The molecule has 1 unspecified atom stereocenters. The first-order valence-electron chi connectivity index (χ1n) is 9.25. The normalized spacial score (nSPS) is 11.5. The van der Waals surface area contributed by atoms with E-state index in [0.29, 0.717) is 19.6 Å². The summed E-state index contributed by atoms with van der Waals surface area (Å²) < 4.78 is 10.8. The smallest absolute Gasteiger partial charge is 0.228 e. The van der Waals surface area contributed by atoms with Crippen LogP contribution in [-0.2, 0) is 11.2 Å². The standard InChI is InChI=1S/C23H24N2O3/c1-27-20-10-12-21(13-11-20)28-16-15-25-23(26)22(18-7-3-2-4-8-18)17-19-9-5-6-14-24-19/h2-14,22H,15-17H2,1H3,(H,25,26). The maximum atomic E-state index is 12.8. The summed E-state index contributed by atoms with van der Waals surface area (Å²) in [7, 11) is 1.62. The molecule has 3 aromatic rings. The maximum Gasteiger partial charge on any atom is 0.228 e. The highest BCUT2D eigenvalue weighted by Crippen LogP contribution is 2.20. The summed E-state index contributed by atoms with van der Waals surface area (Å²) in [6, 6.07) is 22.9. The number of nitrogens with one attached hydrogen (secondary N) is 1. The Labute approximate surface area is 165 Å². The quantitative estimate of drug-likeness (QED) is 0.580. The number of methoxy groups -OCH3 is 1. The Balaban J connectivity index is 1.56. The predicted molar refractivity (Wildman–Crippen MR) is 109 cm³/mol. The molecule has 0 aliphatic rings. The lowest BCUT2D eigenvalue weighted by Gasteiger charge is -2.17. The number of nitrogens with zero attached hydrogens (tertiary/aromatic N) is 1. The van der Waals surface area contributed by atoms with Gasteiger partial charge >= 0.3 is 0 Å². The monoisotopic (exact) mass is 376 g/mol. The van der Waals surface area contributed by atoms with Crippen LogP contribution in [0, 0.1) is 0 Å². The molecule has 1 atom stereocenters. The van der Waals surface area contributed by atoms with E-state index >= 15 is 0 Å². The van der Waals surface area contributed by atoms with Gasteiger partial charge in [0.05, 0.1) is 19.6 Å². The largest absolute Gasteiger partial charge is 0.497 e. The van der Waals surface area contributed by atoms with Gasteiger partial charge in [-0.25, -0.2) is 0 Å². The van der Waals surface area contributed by atoms with Gasteiger partial charge in [-0.05, 0) is 42.0 Å². The first kappa shape index (κ1) is 19.4. The van der Waals surface area contributed by atoms with Gasteiger partial charge in [0.1, 0.15) is 18.1 Å². The van der Waals surface area contributed by atoms with E-state index in [9.17, 15) is 4.79 Å². The number of aromatic nitrogens is 1. The zero-order valence-corrected chi connectivity index (χ0v) is 15.9. The summed E-state index contributed by atoms with van der Waals surface area (Å²) in [5.74, 6) is 1.19. The molecule has 1 aromatic heterocycles. The number of ether oxygens (including phenoxy) is 2. The van der Waals surface area contributed by atoms with E-state index in [4.69, 9.17) is 9.47 Å². The lowest BCUT2D eigenvalue weighted by Crippen LogP contribution is -2.33. The van der Waals surface area contributed by atoms with Crippen LogP contribution in [0.3, 0.4) is 0 Å². The molecule has 0 aliphatic carbocycles. The SMILES string of the molecule is COc1ccc(OCCNC(=O)C(Cc2ccccn2)c2ccccc2)cc1. The molecule has 3 rings (SSSR count). The van der Waals surface area contributed by atoms with Crippen LogP contribution < -0.4 is 14.8 Å². The van der Waals surface area contributed by atoms with Gasteiger partial charge in [-0.1, -0.05) is 36.4 Å². The summed E-state index contributed by atoms with van der Waals surface area (Å²) in [6.07, 6.45) is 2.30. The summed E-state index contributed by atoms with van der Waals surface area (Å²) in [4.78, 5) is 17.2. The second-order valence-corrected chi connectivity index (χ2v) is 6.30. The molecule has 2 aromatic carbocycles.